The van der Waals surface area contributed by atoms with Crippen molar-refractivity contribution in [1.82, 2.24) is 20.2 Å². The summed E-state index contributed by atoms with van der Waals surface area (Å²) in [5, 5.41) is 4.80. The number of ketones is 1. The number of halogens is 1. The minimum Gasteiger partial charge on any atom is -0.351 e. The number of hydrogen-bond acceptors (Lipinski definition) is 6. The third kappa shape index (κ3) is 4.12. The van der Waals surface area contributed by atoms with Gasteiger partial charge in [-0.05, 0) is 37.1 Å². The molecule has 34 heavy (non-hydrogen) atoms. The van der Waals surface area contributed by atoms with Crippen LogP contribution in [0.2, 0.25) is 5.02 Å². The van der Waals surface area contributed by atoms with Crippen molar-refractivity contribution in [1.29, 1.82) is 0 Å². The van der Waals surface area contributed by atoms with Crippen LogP contribution in [-0.4, -0.2) is 50.6 Å². The number of Topliss-reactive ketones (excluding diaryl/α,β-unsaturated/α-hetero) is 1. The van der Waals surface area contributed by atoms with Gasteiger partial charge in [-0.3, -0.25) is 14.4 Å². The normalized spacial score (nSPS) is 22.4. The summed E-state index contributed by atoms with van der Waals surface area (Å²) in [6, 6.07) is 6.61. The van der Waals surface area contributed by atoms with Crippen molar-refractivity contribution in [3.8, 4) is 0 Å². The standard InChI is InChI=1S/C24H26ClN5O3S/c1-13(31)30-9-7-17-19(12-30)34-23(28-17)21(32)24(26)8-3-2-4-20(24)29-22(33)18-11-14-10-15(25)5-6-16(14)27-18/h5-6,10-11,20,27H,2-4,7-9,12,26H2,1H3,(H,29,33). The van der Waals surface area contributed by atoms with E-state index >= 15 is 0 Å². The fourth-order valence-corrected chi connectivity index (χ4v) is 6.23. The van der Waals surface area contributed by atoms with Gasteiger partial charge in [0.05, 0.1) is 18.3 Å². The molecule has 178 valence electrons. The molecular formula is C24H26ClN5O3S. The highest BCUT2D eigenvalue weighted by Crippen LogP contribution is 2.33. The number of thiazole rings is 1. The second kappa shape index (κ2) is 8.79. The Morgan fingerprint density at radius 3 is 2.91 bits per heavy atom. The third-order valence-electron chi connectivity index (χ3n) is 6.88. The Kier molecular flexibility index (Phi) is 5.95. The maximum absolute atomic E-state index is 13.6. The number of amides is 2. The van der Waals surface area contributed by atoms with Gasteiger partial charge < -0.3 is 20.9 Å². The lowest BCUT2D eigenvalue weighted by atomic mass is 9.75. The van der Waals surface area contributed by atoms with E-state index in [-0.39, 0.29) is 17.6 Å². The quantitative estimate of drug-likeness (QED) is 0.475. The summed E-state index contributed by atoms with van der Waals surface area (Å²) < 4.78 is 0. The van der Waals surface area contributed by atoms with Crippen molar-refractivity contribution < 1.29 is 14.4 Å². The van der Waals surface area contributed by atoms with E-state index in [0.717, 1.165) is 34.3 Å². The summed E-state index contributed by atoms with van der Waals surface area (Å²) in [6.45, 7) is 2.61. The second-order valence-electron chi connectivity index (χ2n) is 9.14. The highest BCUT2D eigenvalue weighted by atomic mass is 35.5. The number of hydrogen-bond donors (Lipinski definition) is 3. The maximum atomic E-state index is 13.6. The van der Waals surface area contributed by atoms with E-state index in [2.05, 4.69) is 15.3 Å². The highest BCUT2D eigenvalue weighted by Gasteiger charge is 2.46. The molecular weight excluding hydrogens is 474 g/mol. The predicted molar refractivity (Wildman–Crippen MR) is 131 cm³/mol. The van der Waals surface area contributed by atoms with Crippen molar-refractivity contribution >= 4 is 51.4 Å². The van der Waals surface area contributed by atoms with Crippen LogP contribution in [0.3, 0.4) is 0 Å². The largest absolute Gasteiger partial charge is 0.351 e. The van der Waals surface area contributed by atoms with Crippen LogP contribution in [0, 0.1) is 0 Å². The lowest BCUT2D eigenvalue weighted by Crippen LogP contribution is -2.64. The smallest absolute Gasteiger partial charge is 0.268 e. The number of carbonyl (C=O) groups is 3. The Labute approximate surface area is 205 Å². The monoisotopic (exact) mass is 499 g/mol. The molecule has 0 spiro atoms. The molecule has 8 nitrogen and oxygen atoms in total. The number of fused-ring (bicyclic) bond motifs is 2. The molecule has 2 amide bonds. The zero-order valence-electron chi connectivity index (χ0n) is 18.8. The minimum absolute atomic E-state index is 0.0107. The first kappa shape index (κ1) is 23.0. The predicted octanol–water partition coefficient (Wildman–Crippen LogP) is 3.44. The van der Waals surface area contributed by atoms with Crippen molar-refractivity contribution in [2.75, 3.05) is 6.54 Å². The number of aromatic amines is 1. The Hall–Kier alpha value is -2.75. The number of H-pyrrole nitrogens is 1. The van der Waals surface area contributed by atoms with Gasteiger partial charge in [-0.15, -0.1) is 11.3 Å². The summed E-state index contributed by atoms with van der Waals surface area (Å²) >= 11 is 7.37. The van der Waals surface area contributed by atoms with E-state index < -0.39 is 11.6 Å². The molecule has 1 aliphatic carbocycles. The van der Waals surface area contributed by atoms with Crippen LogP contribution in [0.25, 0.3) is 10.9 Å². The molecule has 1 fully saturated rings. The molecule has 1 aliphatic heterocycles. The third-order valence-corrected chi connectivity index (χ3v) is 8.20. The first-order valence-electron chi connectivity index (χ1n) is 11.4. The molecule has 4 N–H and O–H groups in total. The molecule has 1 aromatic carbocycles. The van der Waals surface area contributed by atoms with Crippen molar-refractivity contribution in [2.24, 2.45) is 5.73 Å². The first-order chi connectivity index (χ1) is 16.2. The zero-order valence-corrected chi connectivity index (χ0v) is 20.4. The van der Waals surface area contributed by atoms with Gasteiger partial charge >= 0.3 is 0 Å². The second-order valence-corrected chi connectivity index (χ2v) is 10.7. The Morgan fingerprint density at radius 2 is 2.12 bits per heavy atom. The lowest BCUT2D eigenvalue weighted by Gasteiger charge is -2.39. The molecule has 5 rings (SSSR count). The van der Waals surface area contributed by atoms with Crippen LogP contribution in [-0.2, 0) is 17.8 Å². The maximum Gasteiger partial charge on any atom is 0.268 e. The van der Waals surface area contributed by atoms with E-state index in [1.807, 2.05) is 6.07 Å². The molecule has 3 aromatic rings. The van der Waals surface area contributed by atoms with Crippen LogP contribution in [0.1, 0.15) is 63.5 Å². The Bertz CT molecular complexity index is 1300. The SMILES string of the molecule is CC(=O)N1CCc2nc(C(=O)C3(N)CCCCC3NC(=O)c3cc4cc(Cl)ccc4[nH]3)sc2C1. The Balaban J connectivity index is 1.37. The molecule has 2 aliphatic rings. The van der Waals surface area contributed by atoms with E-state index in [0.29, 0.717) is 48.1 Å². The molecule has 2 aromatic heterocycles. The zero-order chi connectivity index (χ0) is 24.0. The average molecular weight is 500 g/mol. The average Bonchev–Trinajstić information content (AvgIpc) is 3.43. The molecule has 0 radical (unpaired) electrons. The van der Waals surface area contributed by atoms with Crippen LogP contribution in [0.4, 0.5) is 0 Å². The molecule has 3 heterocycles. The summed E-state index contributed by atoms with van der Waals surface area (Å²) in [6.07, 6.45) is 3.40. The van der Waals surface area contributed by atoms with E-state index in [1.165, 1.54) is 11.3 Å². The van der Waals surface area contributed by atoms with Gasteiger partial charge in [0.15, 0.2) is 5.01 Å². The van der Waals surface area contributed by atoms with Gasteiger partial charge in [0, 0.05) is 40.7 Å². The van der Waals surface area contributed by atoms with E-state index in [1.54, 1.807) is 30.0 Å². The lowest BCUT2D eigenvalue weighted by molar-refractivity contribution is -0.129. The van der Waals surface area contributed by atoms with Gasteiger partial charge in [0.2, 0.25) is 11.7 Å². The molecule has 2 unspecified atom stereocenters. The van der Waals surface area contributed by atoms with Gasteiger partial charge in [-0.25, -0.2) is 4.98 Å². The molecule has 10 heteroatoms. The van der Waals surface area contributed by atoms with Crippen molar-refractivity contribution in [3.05, 3.63) is 50.6 Å². The van der Waals surface area contributed by atoms with Gasteiger partial charge in [-0.1, -0.05) is 24.4 Å². The van der Waals surface area contributed by atoms with Gasteiger partial charge in [0.25, 0.3) is 5.91 Å². The molecule has 1 saturated carbocycles. The van der Waals surface area contributed by atoms with Crippen molar-refractivity contribution in [2.45, 2.75) is 57.2 Å². The fourth-order valence-electron chi connectivity index (χ4n) is 4.89. The number of nitrogens with zero attached hydrogens (tertiary/aromatic N) is 2. The summed E-state index contributed by atoms with van der Waals surface area (Å²) in [7, 11) is 0. The summed E-state index contributed by atoms with van der Waals surface area (Å²) in [5.74, 6) is -0.538. The fraction of sp³-hybridized carbons (Fsp3) is 0.417. The Morgan fingerprint density at radius 1 is 1.29 bits per heavy atom. The summed E-state index contributed by atoms with van der Waals surface area (Å²) in [4.78, 5) is 48.9. The van der Waals surface area contributed by atoms with Gasteiger partial charge in [-0.2, -0.15) is 0 Å². The van der Waals surface area contributed by atoms with Gasteiger partial charge in [0.1, 0.15) is 11.2 Å². The number of nitrogens with one attached hydrogen (secondary N) is 2. The number of carbonyl (C=O) groups excluding carboxylic acids is 3. The van der Waals surface area contributed by atoms with Crippen LogP contribution >= 0.6 is 22.9 Å². The molecule has 2 atom stereocenters. The van der Waals surface area contributed by atoms with Crippen molar-refractivity contribution in [3.63, 3.8) is 0 Å². The minimum atomic E-state index is -1.23. The van der Waals surface area contributed by atoms with Crippen LogP contribution in [0.5, 0.6) is 0 Å². The topological polar surface area (TPSA) is 121 Å². The van der Waals surface area contributed by atoms with E-state index in [4.69, 9.17) is 17.3 Å². The first-order valence-corrected chi connectivity index (χ1v) is 12.6. The highest BCUT2D eigenvalue weighted by molar-refractivity contribution is 7.13. The van der Waals surface area contributed by atoms with Crippen LogP contribution in [0.15, 0.2) is 24.3 Å². The van der Waals surface area contributed by atoms with E-state index in [9.17, 15) is 14.4 Å². The number of nitrogens with two attached hydrogens (primary N) is 1. The molecule has 0 bridgehead atoms. The number of rotatable bonds is 4. The summed E-state index contributed by atoms with van der Waals surface area (Å²) in [5.41, 5.74) is 7.58. The van der Waals surface area contributed by atoms with Crippen LogP contribution < -0.4 is 11.1 Å². The molecule has 0 saturated heterocycles. The number of benzene rings is 1. The number of aromatic nitrogens is 2.